The molecular formula is C18H32N2. The Morgan fingerprint density at radius 3 is 2.40 bits per heavy atom. The fourth-order valence-electron chi connectivity index (χ4n) is 2.45. The van der Waals surface area contributed by atoms with E-state index in [9.17, 15) is 0 Å². The maximum atomic E-state index is 3.57. The molecule has 0 spiro atoms. The predicted octanol–water partition coefficient (Wildman–Crippen LogP) is 3.70. The molecule has 0 fully saturated rings. The Morgan fingerprint density at radius 1 is 1.10 bits per heavy atom. The van der Waals surface area contributed by atoms with Crippen LogP contribution < -0.4 is 5.32 Å². The van der Waals surface area contributed by atoms with Crippen molar-refractivity contribution in [1.29, 1.82) is 0 Å². The number of aryl methyl sites for hydroxylation is 1. The normalized spacial score (nSPS) is 14.8. The average molecular weight is 276 g/mol. The molecule has 2 atom stereocenters. The first kappa shape index (κ1) is 17.2. The molecule has 0 aliphatic carbocycles. The van der Waals surface area contributed by atoms with Gasteiger partial charge in [-0.2, -0.15) is 0 Å². The van der Waals surface area contributed by atoms with Crippen molar-refractivity contribution < 1.29 is 0 Å². The summed E-state index contributed by atoms with van der Waals surface area (Å²) in [7, 11) is 2.23. The van der Waals surface area contributed by atoms with Crippen LogP contribution in [0.4, 0.5) is 0 Å². The fraction of sp³-hybridized carbons (Fsp3) is 0.667. The van der Waals surface area contributed by atoms with E-state index in [0.717, 1.165) is 25.6 Å². The molecule has 0 aliphatic rings. The fourth-order valence-corrected chi connectivity index (χ4v) is 2.45. The molecule has 1 aromatic rings. The third-order valence-corrected chi connectivity index (χ3v) is 4.05. The van der Waals surface area contributed by atoms with Crippen molar-refractivity contribution in [2.24, 2.45) is 11.8 Å². The van der Waals surface area contributed by atoms with E-state index in [1.54, 1.807) is 0 Å². The minimum Gasteiger partial charge on any atom is -0.316 e. The van der Waals surface area contributed by atoms with Crippen LogP contribution in [0.3, 0.4) is 0 Å². The molecule has 2 nitrogen and oxygen atoms in total. The topological polar surface area (TPSA) is 15.3 Å². The second-order valence-corrected chi connectivity index (χ2v) is 6.67. The summed E-state index contributed by atoms with van der Waals surface area (Å²) in [6.07, 6.45) is 0. The highest BCUT2D eigenvalue weighted by Gasteiger charge is 2.17. The molecule has 0 bridgehead atoms. The van der Waals surface area contributed by atoms with Gasteiger partial charge in [0.2, 0.25) is 0 Å². The molecule has 1 N–H and O–H groups in total. The van der Waals surface area contributed by atoms with Gasteiger partial charge in [0.1, 0.15) is 0 Å². The molecule has 0 heterocycles. The molecular weight excluding hydrogens is 244 g/mol. The lowest BCUT2D eigenvalue weighted by Crippen LogP contribution is -2.39. The second kappa shape index (κ2) is 8.43. The largest absolute Gasteiger partial charge is 0.316 e. The van der Waals surface area contributed by atoms with Gasteiger partial charge in [0.05, 0.1) is 0 Å². The lowest BCUT2D eigenvalue weighted by Gasteiger charge is -2.30. The number of nitrogens with zero attached hydrogens (tertiary/aromatic N) is 1. The summed E-state index contributed by atoms with van der Waals surface area (Å²) in [5.41, 5.74) is 2.75. The van der Waals surface area contributed by atoms with Crippen LogP contribution in [-0.2, 0) is 6.54 Å². The van der Waals surface area contributed by atoms with Crippen LogP contribution in [0.25, 0.3) is 0 Å². The van der Waals surface area contributed by atoms with E-state index < -0.39 is 0 Å². The molecule has 0 saturated carbocycles. The van der Waals surface area contributed by atoms with Crippen LogP contribution in [0.5, 0.6) is 0 Å². The van der Waals surface area contributed by atoms with Gasteiger partial charge in [-0.25, -0.2) is 0 Å². The van der Waals surface area contributed by atoms with Crippen molar-refractivity contribution in [3.8, 4) is 0 Å². The van der Waals surface area contributed by atoms with Crippen molar-refractivity contribution in [3.05, 3.63) is 35.4 Å². The molecule has 0 amide bonds. The molecule has 0 aliphatic heterocycles. The Hall–Kier alpha value is -0.860. The summed E-state index contributed by atoms with van der Waals surface area (Å²) in [4.78, 5) is 2.45. The summed E-state index contributed by atoms with van der Waals surface area (Å²) in [5, 5.41) is 3.57. The van der Waals surface area contributed by atoms with Crippen molar-refractivity contribution in [2.75, 3.05) is 20.1 Å². The van der Waals surface area contributed by atoms with Gasteiger partial charge >= 0.3 is 0 Å². The number of nitrogens with one attached hydrogen (secondary N) is 1. The SMILES string of the molecule is Cc1cccc(CN(C)C(C)C(C)CNCC(C)C)c1. The predicted molar refractivity (Wildman–Crippen MR) is 89.0 cm³/mol. The first-order valence-electron chi connectivity index (χ1n) is 7.86. The minimum absolute atomic E-state index is 0.579. The van der Waals surface area contributed by atoms with Crippen LogP contribution in [0.2, 0.25) is 0 Å². The van der Waals surface area contributed by atoms with Crippen LogP contribution in [0.15, 0.2) is 24.3 Å². The molecule has 0 saturated heterocycles. The van der Waals surface area contributed by atoms with Gasteiger partial charge in [-0.05, 0) is 51.4 Å². The molecule has 0 radical (unpaired) electrons. The first-order chi connectivity index (χ1) is 9.40. The van der Waals surface area contributed by atoms with Gasteiger partial charge in [0.25, 0.3) is 0 Å². The molecule has 2 unspecified atom stereocenters. The van der Waals surface area contributed by atoms with E-state index in [4.69, 9.17) is 0 Å². The maximum absolute atomic E-state index is 3.57. The Bertz CT molecular complexity index is 387. The monoisotopic (exact) mass is 276 g/mol. The Labute approximate surface area is 125 Å². The van der Waals surface area contributed by atoms with Crippen molar-refractivity contribution in [1.82, 2.24) is 10.2 Å². The van der Waals surface area contributed by atoms with Crippen molar-refractivity contribution >= 4 is 0 Å². The highest BCUT2D eigenvalue weighted by Crippen LogP contribution is 2.13. The lowest BCUT2D eigenvalue weighted by atomic mass is 10.0. The van der Waals surface area contributed by atoms with Gasteiger partial charge < -0.3 is 5.32 Å². The Kier molecular flexibility index (Phi) is 7.25. The van der Waals surface area contributed by atoms with E-state index >= 15 is 0 Å². The Morgan fingerprint density at radius 2 is 1.80 bits per heavy atom. The van der Waals surface area contributed by atoms with Crippen LogP contribution in [-0.4, -0.2) is 31.1 Å². The molecule has 20 heavy (non-hydrogen) atoms. The van der Waals surface area contributed by atoms with Crippen LogP contribution >= 0.6 is 0 Å². The van der Waals surface area contributed by atoms with Crippen molar-refractivity contribution in [2.45, 2.75) is 47.2 Å². The summed E-state index contributed by atoms with van der Waals surface area (Å²) in [6, 6.07) is 9.39. The Balaban J connectivity index is 2.43. The van der Waals surface area contributed by atoms with Gasteiger partial charge in [0, 0.05) is 12.6 Å². The maximum Gasteiger partial charge on any atom is 0.0233 e. The summed E-state index contributed by atoms with van der Waals surface area (Å²) >= 11 is 0. The van der Waals surface area contributed by atoms with E-state index in [1.165, 1.54) is 11.1 Å². The van der Waals surface area contributed by atoms with Crippen LogP contribution in [0, 0.1) is 18.8 Å². The summed E-state index contributed by atoms with van der Waals surface area (Å²) in [6.45, 7) is 14.6. The summed E-state index contributed by atoms with van der Waals surface area (Å²) < 4.78 is 0. The molecule has 0 aromatic heterocycles. The highest BCUT2D eigenvalue weighted by atomic mass is 15.1. The summed E-state index contributed by atoms with van der Waals surface area (Å²) in [5.74, 6) is 1.38. The third-order valence-electron chi connectivity index (χ3n) is 4.05. The second-order valence-electron chi connectivity index (χ2n) is 6.67. The van der Waals surface area contributed by atoms with E-state index in [1.807, 2.05) is 0 Å². The number of benzene rings is 1. The molecule has 2 heteroatoms. The van der Waals surface area contributed by atoms with Gasteiger partial charge in [-0.15, -0.1) is 0 Å². The third kappa shape index (κ3) is 6.06. The standard InChI is InChI=1S/C18H32N2/c1-14(2)11-19-12-16(4)17(5)20(6)13-18-9-7-8-15(3)10-18/h7-10,14,16-17,19H,11-13H2,1-6H3. The number of hydrogen-bond donors (Lipinski definition) is 1. The minimum atomic E-state index is 0.579. The number of rotatable bonds is 8. The van der Waals surface area contributed by atoms with E-state index in [0.29, 0.717) is 12.0 Å². The van der Waals surface area contributed by atoms with E-state index in [2.05, 4.69) is 76.1 Å². The quantitative estimate of drug-likeness (QED) is 0.779. The lowest BCUT2D eigenvalue weighted by molar-refractivity contribution is 0.188. The average Bonchev–Trinajstić information content (AvgIpc) is 2.37. The van der Waals surface area contributed by atoms with Crippen molar-refractivity contribution in [3.63, 3.8) is 0 Å². The molecule has 114 valence electrons. The zero-order chi connectivity index (χ0) is 15.1. The molecule has 1 aromatic carbocycles. The number of hydrogen-bond acceptors (Lipinski definition) is 2. The zero-order valence-corrected chi connectivity index (χ0v) is 14.1. The van der Waals surface area contributed by atoms with Crippen LogP contribution in [0.1, 0.15) is 38.8 Å². The van der Waals surface area contributed by atoms with E-state index in [-0.39, 0.29) is 0 Å². The smallest absolute Gasteiger partial charge is 0.0233 e. The first-order valence-corrected chi connectivity index (χ1v) is 7.86. The van der Waals surface area contributed by atoms with Gasteiger partial charge in [-0.1, -0.05) is 50.6 Å². The molecule has 1 rings (SSSR count). The van der Waals surface area contributed by atoms with Gasteiger partial charge in [-0.3, -0.25) is 4.90 Å². The highest BCUT2D eigenvalue weighted by molar-refractivity contribution is 5.22. The van der Waals surface area contributed by atoms with Gasteiger partial charge in [0.15, 0.2) is 0 Å². The zero-order valence-electron chi connectivity index (χ0n) is 14.1.